The van der Waals surface area contributed by atoms with E-state index in [1.807, 2.05) is 20.9 Å². The highest BCUT2D eigenvalue weighted by Crippen LogP contribution is 2.26. The molecule has 0 aliphatic rings. The van der Waals surface area contributed by atoms with Gasteiger partial charge in [0.25, 0.3) is 0 Å². The predicted molar refractivity (Wildman–Crippen MR) is 70.5 cm³/mol. The average molecular weight is 255 g/mol. The topological polar surface area (TPSA) is 30.5 Å². The van der Waals surface area contributed by atoms with E-state index >= 15 is 0 Å². The van der Waals surface area contributed by atoms with Crippen LogP contribution in [0.25, 0.3) is 0 Å². The Morgan fingerprint density at radius 3 is 2.78 bits per heavy atom. The van der Waals surface area contributed by atoms with Crippen LogP contribution in [0, 0.1) is 5.82 Å². The van der Waals surface area contributed by atoms with E-state index in [-0.39, 0.29) is 11.9 Å². The first-order valence-electron chi connectivity index (χ1n) is 6.36. The second-order valence-corrected chi connectivity index (χ2v) is 4.09. The summed E-state index contributed by atoms with van der Waals surface area (Å²) in [4.78, 5) is 0. The number of halogens is 1. The van der Waals surface area contributed by atoms with Crippen LogP contribution in [0.15, 0.2) is 18.2 Å². The van der Waals surface area contributed by atoms with Crippen molar-refractivity contribution in [2.75, 3.05) is 26.9 Å². The van der Waals surface area contributed by atoms with Crippen LogP contribution in [0.4, 0.5) is 4.39 Å². The Morgan fingerprint density at radius 2 is 2.11 bits per heavy atom. The third-order valence-electron chi connectivity index (χ3n) is 2.77. The Morgan fingerprint density at radius 1 is 1.33 bits per heavy atom. The average Bonchev–Trinajstić information content (AvgIpc) is 2.38. The summed E-state index contributed by atoms with van der Waals surface area (Å²) in [6, 6.07) is 4.78. The van der Waals surface area contributed by atoms with Crippen molar-refractivity contribution < 1.29 is 13.9 Å². The Kier molecular flexibility index (Phi) is 6.68. The van der Waals surface area contributed by atoms with E-state index in [9.17, 15) is 4.39 Å². The molecule has 3 nitrogen and oxygen atoms in total. The molecule has 1 rings (SSSR count). The van der Waals surface area contributed by atoms with Gasteiger partial charge in [0.1, 0.15) is 11.6 Å². The Bertz CT molecular complexity index is 358. The van der Waals surface area contributed by atoms with Gasteiger partial charge in [-0.2, -0.15) is 0 Å². The van der Waals surface area contributed by atoms with Crippen LogP contribution < -0.4 is 10.1 Å². The first-order valence-corrected chi connectivity index (χ1v) is 6.36. The van der Waals surface area contributed by atoms with Crippen LogP contribution in [0.2, 0.25) is 0 Å². The van der Waals surface area contributed by atoms with Gasteiger partial charge < -0.3 is 14.8 Å². The number of hydrogen-bond acceptors (Lipinski definition) is 3. The lowest BCUT2D eigenvalue weighted by Gasteiger charge is -2.16. The summed E-state index contributed by atoms with van der Waals surface area (Å²) in [6.45, 7) is 5.89. The van der Waals surface area contributed by atoms with Crippen molar-refractivity contribution in [1.29, 1.82) is 0 Å². The number of nitrogens with one attached hydrogen (secondary N) is 1. The lowest BCUT2D eigenvalue weighted by molar-refractivity contribution is 0.130. The van der Waals surface area contributed by atoms with Gasteiger partial charge in [0.2, 0.25) is 0 Å². The van der Waals surface area contributed by atoms with Gasteiger partial charge in [-0.3, -0.25) is 0 Å². The van der Waals surface area contributed by atoms with Crippen LogP contribution >= 0.6 is 0 Å². The minimum atomic E-state index is -0.276. The van der Waals surface area contributed by atoms with Crippen molar-refractivity contribution in [3.63, 3.8) is 0 Å². The zero-order chi connectivity index (χ0) is 13.4. The minimum absolute atomic E-state index is 0.132. The molecule has 0 aliphatic heterocycles. The molecule has 0 saturated heterocycles. The molecule has 0 bridgehead atoms. The number of ether oxygens (including phenoxy) is 2. The molecule has 0 spiro atoms. The summed E-state index contributed by atoms with van der Waals surface area (Å²) >= 11 is 0. The van der Waals surface area contributed by atoms with Crippen molar-refractivity contribution in [2.24, 2.45) is 0 Å². The molecule has 1 atom stereocenters. The highest BCUT2D eigenvalue weighted by molar-refractivity contribution is 5.36. The number of rotatable bonds is 8. The summed E-state index contributed by atoms with van der Waals surface area (Å²) in [5, 5.41) is 3.12. The van der Waals surface area contributed by atoms with Crippen molar-refractivity contribution >= 4 is 0 Å². The van der Waals surface area contributed by atoms with E-state index in [1.165, 1.54) is 12.1 Å². The minimum Gasteiger partial charge on any atom is -0.493 e. The standard InChI is InChI=1S/C14H22FNO2/c1-4-17-8-5-9-18-14-10-12(15)6-7-13(14)11(2)16-3/h6-7,10-11,16H,4-5,8-9H2,1-3H3. The van der Waals surface area contributed by atoms with Gasteiger partial charge in [-0.25, -0.2) is 4.39 Å². The Hall–Kier alpha value is -1.13. The lowest BCUT2D eigenvalue weighted by Crippen LogP contribution is -2.14. The van der Waals surface area contributed by atoms with E-state index in [0.29, 0.717) is 25.6 Å². The summed E-state index contributed by atoms with van der Waals surface area (Å²) in [5.74, 6) is 0.329. The van der Waals surface area contributed by atoms with Crippen molar-refractivity contribution in [3.8, 4) is 5.75 Å². The molecule has 1 aromatic rings. The molecule has 0 aliphatic carbocycles. The van der Waals surface area contributed by atoms with Gasteiger partial charge >= 0.3 is 0 Å². The van der Waals surface area contributed by atoms with Crippen LogP contribution in [0.5, 0.6) is 5.75 Å². The SMILES string of the molecule is CCOCCCOc1cc(F)ccc1C(C)NC. The molecule has 1 unspecified atom stereocenters. The Labute approximate surface area is 108 Å². The summed E-state index contributed by atoms with van der Waals surface area (Å²) in [6.07, 6.45) is 0.803. The molecule has 18 heavy (non-hydrogen) atoms. The smallest absolute Gasteiger partial charge is 0.126 e. The molecule has 4 heteroatoms. The first kappa shape index (κ1) is 14.9. The molecule has 0 heterocycles. The fourth-order valence-corrected chi connectivity index (χ4v) is 1.63. The van der Waals surface area contributed by atoms with E-state index in [1.54, 1.807) is 6.07 Å². The zero-order valence-corrected chi connectivity index (χ0v) is 11.3. The van der Waals surface area contributed by atoms with Gasteiger partial charge in [0.05, 0.1) is 6.61 Å². The fourth-order valence-electron chi connectivity index (χ4n) is 1.63. The molecular weight excluding hydrogens is 233 g/mol. The van der Waals surface area contributed by atoms with E-state index in [4.69, 9.17) is 9.47 Å². The zero-order valence-electron chi connectivity index (χ0n) is 11.3. The summed E-state index contributed by atoms with van der Waals surface area (Å²) in [5.41, 5.74) is 0.968. The normalized spacial score (nSPS) is 12.4. The largest absolute Gasteiger partial charge is 0.493 e. The van der Waals surface area contributed by atoms with E-state index in [2.05, 4.69) is 5.32 Å². The third kappa shape index (κ3) is 4.63. The second kappa shape index (κ2) is 8.06. The molecule has 0 aromatic heterocycles. The molecular formula is C14H22FNO2. The van der Waals surface area contributed by atoms with Crippen molar-refractivity contribution in [3.05, 3.63) is 29.6 Å². The van der Waals surface area contributed by atoms with Gasteiger partial charge in [0, 0.05) is 37.3 Å². The predicted octanol–water partition coefficient (Wildman–Crippen LogP) is 2.91. The highest BCUT2D eigenvalue weighted by atomic mass is 19.1. The van der Waals surface area contributed by atoms with Crippen molar-refractivity contribution in [2.45, 2.75) is 26.3 Å². The van der Waals surface area contributed by atoms with Gasteiger partial charge in [-0.15, -0.1) is 0 Å². The highest BCUT2D eigenvalue weighted by Gasteiger charge is 2.11. The molecule has 102 valence electrons. The first-order chi connectivity index (χ1) is 8.69. The molecule has 1 N–H and O–H groups in total. The number of hydrogen-bond donors (Lipinski definition) is 1. The summed E-state index contributed by atoms with van der Waals surface area (Å²) in [7, 11) is 1.87. The maximum absolute atomic E-state index is 13.2. The molecule has 0 saturated carbocycles. The van der Waals surface area contributed by atoms with Crippen LogP contribution in [-0.4, -0.2) is 26.9 Å². The van der Waals surface area contributed by atoms with Gasteiger partial charge in [-0.05, 0) is 27.0 Å². The second-order valence-electron chi connectivity index (χ2n) is 4.09. The van der Waals surface area contributed by atoms with E-state index in [0.717, 1.165) is 12.0 Å². The quantitative estimate of drug-likeness (QED) is 0.724. The van der Waals surface area contributed by atoms with Crippen LogP contribution in [-0.2, 0) is 4.74 Å². The van der Waals surface area contributed by atoms with Gasteiger partial charge in [-0.1, -0.05) is 6.07 Å². The summed E-state index contributed by atoms with van der Waals surface area (Å²) < 4.78 is 24.1. The lowest BCUT2D eigenvalue weighted by atomic mass is 10.1. The van der Waals surface area contributed by atoms with Gasteiger partial charge in [0.15, 0.2) is 0 Å². The third-order valence-corrected chi connectivity index (χ3v) is 2.77. The monoisotopic (exact) mass is 255 g/mol. The Balaban J connectivity index is 2.59. The number of benzene rings is 1. The maximum Gasteiger partial charge on any atom is 0.126 e. The molecule has 0 fully saturated rings. The van der Waals surface area contributed by atoms with Crippen LogP contribution in [0.1, 0.15) is 31.9 Å². The maximum atomic E-state index is 13.2. The molecule has 0 amide bonds. The molecule has 1 aromatic carbocycles. The fraction of sp³-hybridized carbons (Fsp3) is 0.571. The van der Waals surface area contributed by atoms with E-state index < -0.39 is 0 Å². The van der Waals surface area contributed by atoms with Crippen molar-refractivity contribution in [1.82, 2.24) is 5.32 Å². The molecule has 0 radical (unpaired) electrons. The van der Waals surface area contributed by atoms with Crippen LogP contribution in [0.3, 0.4) is 0 Å².